The summed E-state index contributed by atoms with van der Waals surface area (Å²) in [5, 5.41) is 0. The van der Waals surface area contributed by atoms with Crippen molar-refractivity contribution in [2.45, 2.75) is 20.8 Å². The van der Waals surface area contributed by atoms with Crippen LogP contribution < -0.4 is 0 Å². The molecule has 3 aromatic rings. The van der Waals surface area contributed by atoms with Crippen LogP contribution in [0.3, 0.4) is 0 Å². The van der Waals surface area contributed by atoms with E-state index >= 15 is 0 Å². The van der Waals surface area contributed by atoms with E-state index in [1.54, 1.807) is 11.3 Å². The van der Waals surface area contributed by atoms with Crippen molar-refractivity contribution in [1.82, 2.24) is 9.38 Å². The molecule has 3 nitrogen and oxygen atoms in total. The van der Waals surface area contributed by atoms with Crippen LogP contribution in [0.5, 0.6) is 0 Å². The summed E-state index contributed by atoms with van der Waals surface area (Å²) in [5.41, 5.74) is 4.68. The minimum Gasteiger partial charge on any atom is -0.296 e. The quantitative estimate of drug-likeness (QED) is 0.664. The second-order valence-corrected chi connectivity index (χ2v) is 5.87. The van der Waals surface area contributed by atoms with E-state index in [4.69, 9.17) is 0 Å². The summed E-state index contributed by atoms with van der Waals surface area (Å²) in [4.78, 5) is 18.1. The average molecular weight is 270 g/mol. The zero-order valence-corrected chi connectivity index (χ0v) is 11.9. The van der Waals surface area contributed by atoms with Crippen LogP contribution in [0.1, 0.15) is 26.6 Å². The van der Waals surface area contributed by atoms with Crippen molar-refractivity contribution < 1.29 is 4.79 Å². The molecule has 0 N–H and O–H groups in total. The number of carbonyl (C=O) groups is 1. The number of imidazole rings is 1. The Morgan fingerprint density at radius 1 is 1.16 bits per heavy atom. The highest BCUT2D eigenvalue weighted by Crippen LogP contribution is 2.29. The lowest BCUT2D eigenvalue weighted by molar-refractivity contribution is 0.111. The Labute approximate surface area is 115 Å². The van der Waals surface area contributed by atoms with Crippen molar-refractivity contribution in [3.63, 3.8) is 0 Å². The number of rotatable bonds is 2. The second kappa shape index (κ2) is 4.31. The number of fused-ring (bicyclic) bond motifs is 1. The number of hydrogen-bond donors (Lipinski definition) is 0. The molecule has 19 heavy (non-hydrogen) atoms. The summed E-state index contributed by atoms with van der Waals surface area (Å²) in [6, 6.07) is 8.10. The molecule has 4 heteroatoms. The van der Waals surface area contributed by atoms with E-state index in [1.165, 1.54) is 10.4 Å². The molecule has 1 aromatic carbocycles. The van der Waals surface area contributed by atoms with E-state index in [9.17, 15) is 4.79 Å². The monoisotopic (exact) mass is 270 g/mol. The molecule has 0 saturated heterocycles. The number of nitrogens with zero attached hydrogens (tertiary/aromatic N) is 2. The van der Waals surface area contributed by atoms with E-state index in [-0.39, 0.29) is 0 Å². The minimum atomic E-state index is 0.640. The van der Waals surface area contributed by atoms with Gasteiger partial charge in [-0.2, -0.15) is 0 Å². The number of carbonyl (C=O) groups excluding carboxylic acids is 1. The Morgan fingerprint density at radius 2 is 1.84 bits per heavy atom. The van der Waals surface area contributed by atoms with Crippen LogP contribution in [0.15, 0.2) is 24.3 Å². The highest BCUT2D eigenvalue weighted by Gasteiger charge is 2.17. The fraction of sp³-hybridized carbons (Fsp3) is 0.200. The molecule has 0 bridgehead atoms. The first-order chi connectivity index (χ1) is 9.11. The van der Waals surface area contributed by atoms with Crippen molar-refractivity contribution in [1.29, 1.82) is 0 Å². The Bertz CT molecular complexity index is 766. The average Bonchev–Trinajstić information content (AvgIpc) is 2.88. The van der Waals surface area contributed by atoms with Gasteiger partial charge in [0, 0.05) is 16.1 Å². The molecule has 0 aliphatic rings. The lowest BCUT2D eigenvalue weighted by Crippen LogP contribution is -1.94. The Morgan fingerprint density at radius 3 is 2.47 bits per heavy atom. The van der Waals surface area contributed by atoms with E-state index in [0.717, 1.165) is 28.2 Å². The third-order valence-electron chi connectivity index (χ3n) is 3.41. The van der Waals surface area contributed by atoms with Gasteiger partial charge in [-0.05, 0) is 20.8 Å². The smallest absolute Gasteiger partial charge is 0.195 e. The van der Waals surface area contributed by atoms with Crippen molar-refractivity contribution in [3.8, 4) is 11.3 Å². The number of aldehydes is 1. The van der Waals surface area contributed by atoms with Crippen LogP contribution in [0, 0.1) is 20.8 Å². The minimum absolute atomic E-state index is 0.640. The lowest BCUT2D eigenvalue weighted by Gasteiger charge is -2.00. The Balaban J connectivity index is 2.30. The highest BCUT2D eigenvalue weighted by molar-refractivity contribution is 7.17. The zero-order valence-electron chi connectivity index (χ0n) is 11.1. The number of hydrogen-bond acceptors (Lipinski definition) is 3. The third-order valence-corrected chi connectivity index (χ3v) is 4.47. The first-order valence-electron chi connectivity index (χ1n) is 6.12. The van der Waals surface area contributed by atoms with Crippen molar-refractivity contribution in [2.24, 2.45) is 0 Å². The van der Waals surface area contributed by atoms with Crippen molar-refractivity contribution in [2.75, 3.05) is 0 Å². The first-order valence-corrected chi connectivity index (χ1v) is 6.94. The molecule has 0 saturated carbocycles. The fourth-order valence-electron chi connectivity index (χ4n) is 2.21. The number of aryl methyl sites for hydroxylation is 3. The maximum absolute atomic E-state index is 11.4. The second-order valence-electron chi connectivity index (χ2n) is 4.69. The van der Waals surface area contributed by atoms with Crippen LogP contribution in [-0.4, -0.2) is 15.7 Å². The first kappa shape index (κ1) is 12.1. The Hall–Kier alpha value is -1.94. The highest BCUT2D eigenvalue weighted by atomic mass is 32.1. The van der Waals surface area contributed by atoms with Crippen LogP contribution in [0.25, 0.3) is 16.2 Å². The molecule has 0 spiro atoms. The van der Waals surface area contributed by atoms with Gasteiger partial charge in [0.1, 0.15) is 11.4 Å². The largest absolute Gasteiger partial charge is 0.296 e. The van der Waals surface area contributed by atoms with Gasteiger partial charge in [0.25, 0.3) is 0 Å². The van der Waals surface area contributed by atoms with Crippen LogP contribution in [0.2, 0.25) is 0 Å². The Kier molecular flexibility index (Phi) is 2.75. The zero-order chi connectivity index (χ0) is 13.6. The fourth-order valence-corrected chi connectivity index (χ4v) is 3.18. The molecule has 0 aliphatic carbocycles. The normalized spacial score (nSPS) is 11.1. The van der Waals surface area contributed by atoms with Crippen molar-refractivity contribution in [3.05, 3.63) is 46.1 Å². The maximum Gasteiger partial charge on any atom is 0.195 e. The number of thiazole rings is 1. The van der Waals surface area contributed by atoms with Gasteiger partial charge >= 0.3 is 0 Å². The summed E-state index contributed by atoms with van der Waals surface area (Å²) >= 11 is 1.62. The van der Waals surface area contributed by atoms with Gasteiger partial charge in [-0.25, -0.2) is 4.98 Å². The standard InChI is InChI=1S/C15H14N2OS/c1-9-4-6-12(7-5-9)14-13(8-18)17-10(2)11(3)19-15(17)16-14/h4-8H,1-3H3. The molecule has 3 rings (SSSR count). The van der Waals surface area contributed by atoms with Gasteiger partial charge in [0.05, 0.1) is 0 Å². The van der Waals surface area contributed by atoms with Gasteiger partial charge in [-0.15, -0.1) is 11.3 Å². The van der Waals surface area contributed by atoms with E-state index in [2.05, 4.69) is 11.9 Å². The number of aromatic nitrogens is 2. The lowest BCUT2D eigenvalue weighted by atomic mass is 10.1. The predicted octanol–water partition coefficient (Wildman–Crippen LogP) is 3.80. The van der Waals surface area contributed by atoms with E-state index in [1.807, 2.05) is 42.5 Å². The predicted molar refractivity (Wildman–Crippen MR) is 78.1 cm³/mol. The van der Waals surface area contributed by atoms with Crippen LogP contribution in [0.4, 0.5) is 0 Å². The van der Waals surface area contributed by atoms with Gasteiger partial charge < -0.3 is 0 Å². The summed E-state index contributed by atoms with van der Waals surface area (Å²) in [6.07, 6.45) is 0.897. The molecule has 2 heterocycles. The SMILES string of the molecule is Cc1ccc(-c2nc3sc(C)c(C)n3c2C=O)cc1. The molecule has 0 unspecified atom stereocenters. The van der Waals surface area contributed by atoms with Crippen molar-refractivity contribution >= 4 is 22.6 Å². The summed E-state index contributed by atoms with van der Waals surface area (Å²) < 4.78 is 1.95. The summed E-state index contributed by atoms with van der Waals surface area (Å²) in [6.45, 7) is 6.12. The van der Waals surface area contributed by atoms with Crippen LogP contribution >= 0.6 is 11.3 Å². The molecule has 0 amide bonds. The van der Waals surface area contributed by atoms with Crippen LogP contribution in [-0.2, 0) is 0 Å². The number of benzene rings is 1. The molecule has 96 valence electrons. The molecule has 0 aliphatic heterocycles. The van der Waals surface area contributed by atoms with E-state index < -0.39 is 0 Å². The summed E-state index contributed by atoms with van der Waals surface area (Å²) in [7, 11) is 0. The third kappa shape index (κ3) is 1.79. The van der Waals surface area contributed by atoms with Gasteiger partial charge in [-0.3, -0.25) is 9.20 Å². The molecular formula is C15H14N2OS. The topological polar surface area (TPSA) is 34.4 Å². The molecule has 0 radical (unpaired) electrons. The van der Waals surface area contributed by atoms with Gasteiger partial charge in [0.15, 0.2) is 11.2 Å². The van der Waals surface area contributed by atoms with Gasteiger partial charge in [0.2, 0.25) is 0 Å². The molecule has 0 fully saturated rings. The molecular weight excluding hydrogens is 256 g/mol. The molecule has 0 atom stereocenters. The molecule has 2 aromatic heterocycles. The maximum atomic E-state index is 11.4. The summed E-state index contributed by atoms with van der Waals surface area (Å²) in [5.74, 6) is 0. The van der Waals surface area contributed by atoms with Gasteiger partial charge in [-0.1, -0.05) is 29.8 Å². The van der Waals surface area contributed by atoms with E-state index in [0.29, 0.717) is 5.69 Å².